The number of carbonyl (C=O) groups excluding carboxylic acids is 1. The van der Waals surface area contributed by atoms with Gasteiger partial charge < -0.3 is 38.8 Å². The lowest BCUT2D eigenvalue weighted by Gasteiger charge is -2.41. The lowest BCUT2D eigenvalue weighted by molar-refractivity contribution is -0.250. The highest BCUT2D eigenvalue weighted by atomic mass is 35.5. The van der Waals surface area contributed by atoms with Gasteiger partial charge in [0.1, 0.15) is 36.8 Å². The fourth-order valence-corrected chi connectivity index (χ4v) is 5.24. The summed E-state index contributed by atoms with van der Waals surface area (Å²) in [6, 6.07) is 12.9. The van der Waals surface area contributed by atoms with Crippen LogP contribution in [0.3, 0.4) is 0 Å². The fourth-order valence-electron chi connectivity index (χ4n) is 3.90. The largest absolute Gasteiger partial charge is 0.508 e. The zero-order valence-electron chi connectivity index (χ0n) is 19.0. The molecular formula is C24H26ClNO8S. The summed E-state index contributed by atoms with van der Waals surface area (Å²) in [6.07, 6.45) is -5.82. The molecule has 0 unspecified atom stereocenters. The summed E-state index contributed by atoms with van der Waals surface area (Å²) in [5.74, 6) is 0.733. The maximum absolute atomic E-state index is 11.6. The average Bonchev–Trinajstić information content (AvgIpc) is 3.22. The standard InChI is InChI=1S/C24H26ClNO8S/c1-3-32-24(30)33-12-17-20(27)21(28)22(29)23(34-17)26-11-18(19-15(25)5-4-6-16(19)26)35-14-9-7-13(31-2)8-10-14/h4-11,17,20-23,27-29H,3,12H2,1-2H3/t17-,20-,21+,22-,23-/m1/s1. The highest BCUT2D eigenvalue weighted by Gasteiger charge is 2.45. The second-order valence-electron chi connectivity index (χ2n) is 7.84. The molecule has 188 valence electrons. The molecule has 0 aliphatic carbocycles. The van der Waals surface area contributed by atoms with E-state index in [-0.39, 0.29) is 13.2 Å². The molecule has 2 heterocycles. The smallest absolute Gasteiger partial charge is 0.497 e. The normalized spacial score (nSPS) is 24.3. The Bertz CT molecular complexity index is 1170. The Labute approximate surface area is 211 Å². The summed E-state index contributed by atoms with van der Waals surface area (Å²) in [4.78, 5) is 13.3. The minimum absolute atomic E-state index is 0.127. The van der Waals surface area contributed by atoms with Crippen LogP contribution in [0.2, 0.25) is 5.02 Å². The molecule has 0 saturated carbocycles. The average molecular weight is 524 g/mol. The van der Waals surface area contributed by atoms with Crippen LogP contribution in [0, 0.1) is 0 Å². The van der Waals surface area contributed by atoms with E-state index >= 15 is 0 Å². The number of aromatic nitrogens is 1. The Kier molecular flexibility index (Phi) is 8.10. The van der Waals surface area contributed by atoms with E-state index in [1.807, 2.05) is 30.3 Å². The van der Waals surface area contributed by atoms with Gasteiger partial charge in [0.05, 0.1) is 24.3 Å². The van der Waals surface area contributed by atoms with Crippen molar-refractivity contribution in [1.29, 1.82) is 0 Å². The highest BCUT2D eigenvalue weighted by molar-refractivity contribution is 7.99. The number of nitrogens with zero attached hydrogens (tertiary/aromatic N) is 1. The quantitative estimate of drug-likeness (QED) is 0.399. The first-order chi connectivity index (χ1) is 16.8. The van der Waals surface area contributed by atoms with E-state index in [0.717, 1.165) is 20.9 Å². The lowest BCUT2D eigenvalue weighted by Crippen LogP contribution is -2.56. The van der Waals surface area contributed by atoms with E-state index in [4.69, 9.17) is 30.5 Å². The van der Waals surface area contributed by atoms with Crippen LogP contribution in [0.15, 0.2) is 58.5 Å². The van der Waals surface area contributed by atoms with E-state index in [1.54, 1.807) is 36.9 Å². The molecule has 9 nitrogen and oxygen atoms in total. The third-order valence-corrected chi connectivity index (χ3v) is 7.00. The second-order valence-corrected chi connectivity index (χ2v) is 9.37. The Morgan fingerprint density at radius 1 is 1.09 bits per heavy atom. The van der Waals surface area contributed by atoms with Gasteiger partial charge in [-0.25, -0.2) is 4.79 Å². The van der Waals surface area contributed by atoms with E-state index in [1.165, 1.54) is 11.8 Å². The SMILES string of the molecule is CCOC(=O)OC[C@H]1O[C@@H](n2cc(Sc3ccc(OC)cc3)c3c(Cl)cccc32)[C@H](O)[C@@H](O)[C@@H]1O. The topological polar surface area (TPSA) is 120 Å². The molecule has 1 aliphatic rings. The van der Waals surface area contributed by atoms with Crippen molar-refractivity contribution in [1.82, 2.24) is 4.57 Å². The first-order valence-corrected chi connectivity index (χ1v) is 12.1. The van der Waals surface area contributed by atoms with Crippen molar-refractivity contribution >= 4 is 40.4 Å². The van der Waals surface area contributed by atoms with Gasteiger partial charge in [-0.3, -0.25) is 0 Å². The molecule has 4 rings (SSSR count). The van der Waals surface area contributed by atoms with Crippen LogP contribution in [0.4, 0.5) is 4.79 Å². The van der Waals surface area contributed by atoms with Gasteiger partial charge in [0.2, 0.25) is 0 Å². The second kappa shape index (κ2) is 11.1. The van der Waals surface area contributed by atoms with Crippen LogP contribution in [-0.2, 0) is 14.2 Å². The van der Waals surface area contributed by atoms with Crippen LogP contribution in [0.1, 0.15) is 13.2 Å². The van der Waals surface area contributed by atoms with Crippen molar-refractivity contribution < 1.29 is 39.1 Å². The van der Waals surface area contributed by atoms with Crippen LogP contribution in [0.5, 0.6) is 5.75 Å². The molecule has 0 amide bonds. The maximum atomic E-state index is 11.6. The number of ether oxygens (including phenoxy) is 4. The number of aliphatic hydroxyl groups is 3. The number of fused-ring (bicyclic) bond motifs is 1. The molecule has 0 bridgehead atoms. The van der Waals surface area contributed by atoms with Gasteiger partial charge in [0.15, 0.2) is 6.23 Å². The number of hydrogen-bond donors (Lipinski definition) is 3. The Morgan fingerprint density at radius 2 is 1.83 bits per heavy atom. The number of rotatable bonds is 7. The molecule has 0 spiro atoms. The van der Waals surface area contributed by atoms with Crippen LogP contribution in [0.25, 0.3) is 10.9 Å². The molecule has 3 N–H and O–H groups in total. The number of carbonyl (C=O) groups is 1. The van der Waals surface area contributed by atoms with Crippen LogP contribution in [-0.4, -0.2) is 70.8 Å². The lowest BCUT2D eigenvalue weighted by atomic mass is 9.98. The van der Waals surface area contributed by atoms with E-state index < -0.39 is 36.8 Å². The van der Waals surface area contributed by atoms with Gasteiger partial charge in [-0.1, -0.05) is 29.4 Å². The first kappa shape index (κ1) is 25.6. The summed E-state index contributed by atoms with van der Waals surface area (Å²) in [6.45, 7) is 1.39. The summed E-state index contributed by atoms with van der Waals surface area (Å²) in [5, 5.41) is 33.0. The van der Waals surface area contributed by atoms with Gasteiger partial charge in [0.25, 0.3) is 0 Å². The number of hydrogen-bond acceptors (Lipinski definition) is 9. The van der Waals surface area contributed by atoms with E-state index in [2.05, 4.69) is 0 Å². The van der Waals surface area contributed by atoms with Crippen LogP contribution >= 0.6 is 23.4 Å². The predicted molar refractivity (Wildman–Crippen MR) is 129 cm³/mol. The van der Waals surface area contributed by atoms with Gasteiger partial charge in [-0.05, 0) is 43.3 Å². The molecule has 1 aromatic heterocycles. The van der Waals surface area contributed by atoms with E-state index in [0.29, 0.717) is 10.5 Å². The monoisotopic (exact) mass is 523 g/mol. The van der Waals surface area contributed by atoms with Gasteiger partial charge >= 0.3 is 6.16 Å². The molecule has 35 heavy (non-hydrogen) atoms. The third-order valence-electron chi connectivity index (χ3n) is 5.65. The molecule has 1 fully saturated rings. The summed E-state index contributed by atoms with van der Waals surface area (Å²) < 4.78 is 22.5. The van der Waals surface area contributed by atoms with Crippen LogP contribution < -0.4 is 4.74 Å². The third kappa shape index (κ3) is 5.37. The Balaban J connectivity index is 1.67. The molecule has 1 aliphatic heterocycles. The Hall–Kier alpha value is -2.47. The maximum Gasteiger partial charge on any atom is 0.508 e. The molecule has 3 aromatic rings. The molecule has 5 atom stereocenters. The predicted octanol–water partition coefficient (Wildman–Crippen LogP) is 3.61. The molecule has 2 aromatic carbocycles. The number of benzene rings is 2. The van der Waals surface area contributed by atoms with Crippen molar-refractivity contribution in [2.75, 3.05) is 20.3 Å². The van der Waals surface area contributed by atoms with Gasteiger partial charge in [-0.15, -0.1) is 0 Å². The fraction of sp³-hybridized carbons (Fsp3) is 0.375. The van der Waals surface area contributed by atoms with Gasteiger partial charge in [-0.2, -0.15) is 0 Å². The van der Waals surface area contributed by atoms with Crippen molar-refractivity contribution in [3.63, 3.8) is 0 Å². The summed E-state index contributed by atoms with van der Waals surface area (Å²) in [5.41, 5.74) is 0.659. The van der Waals surface area contributed by atoms with Crippen molar-refractivity contribution in [2.24, 2.45) is 0 Å². The van der Waals surface area contributed by atoms with E-state index in [9.17, 15) is 20.1 Å². The van der Waals surface area contributed by atoms with Crippen molar-refractivity contribution in [3.8, 4) is 5.75 Å². The molecular weight excluding hydrogens is 498 g/mol. The number of halogens is 1. The summed E-state index contributed by atoms with van der Waals surface area (Å²) in [7, 11) is 1.60. The number of methoxy groups -OCH3 is 1. The van der Waals surface area contributed by atoms with Crippen molar-refractivity contribution in [2.45, 2.75) is 47.4 Å². The van der Waals surface area contributed by atoms with Gasteiger partial charge in [0, 0.05) is 21.4 Å². The number of aliphatic hydroxyl groups excluding tert-OH is 3. The highest BCUT2D eigenvalue weighted by Crippen LogP contribution is 2.42. The minimum atomic E-state index is -1.54. The first-order valence-electron chi connectivity index (χ1n) is 10.9. The van der Waals surface area contributed by atoms with Crippen molar-refractivity contribution in [3.05, 3.63) is 53.7 Å². The zero-order valence-corrected chi connectivity index (χ0v) is 20.6. The molecule has 1 saturated heterocycles. The molecule has 11 heteroatoms. The minimum Gasteiger partial charge on any atom is -0.497 e. The summed E-state index contributed by atoms with van der Waals surface area (Å²) >= 11 is 8.01. The Morgan fingerprint density at radius 3 is 2.51 bits per heavy atom. The molecule has 0 radical (unpaired) electrons. The zero-order chi connectivity index (χ0) is 25.1.